The lowest BCUT2D eigenvalue weighted by Gasteiger charge is -2.38. The fourth-order valence-electron chi connectivity index (χ4n) is 3.26. The molecule has 0 aliphatic carbocycles. The van der Waals surface area contributed by atoms with E-state index in [1.807, 2.05) is 26.0 Å². The highest BCUT2D eigenvalue weighted by atomic mass is 16.5. The highest BCUT2D eigenvalue weighted by Crippen LogP contribution is 2.43. The summed E-state index contributed by atoms with van der Waals surface area (Å²) >= 11 is 0. The summed E-state index contributed by atoms with van der Waals surface area (Å²) in [6, 6.07) is 7.27. The Kier molecular flexibility index (Phi) is 4.97. The van der Waals surface area contributed by atoms with Crippen LogP contribution >= 0.6 is 0 Å². The number of methoxy groups -OCH3 is 1. The molecule has 1 atom stereocenters. The third-order valence-corrected chi connectivity index (χ3v) is 4.45. The van der Waals surface area contributed by atoms with Gasteiger partial charge in [0.1, 0.15) is 17.1 Å². The minimum Gasteiger partial charge on any atom is -0.497 e. The van der Waals surface area contributed by atoms with Crippen LogP contribution in [0, 0.1) is 0 Å². The Morgan fingerprint density at radius 3 is 2.17 bits per heavy atom. The molecule has 6 nitrogen and oxygen atoms in total. The van der Waals surface area contributed by atoms with Crippen molar-refractivity contribution in [1.29, 1.82) is 0 Å². The molecule has 0 bridgehead atoms. The van der Waals surface area contributed by atoms with Crippen molar-refractivity contribution in [3.05, 3.63) is 52.9 Å². The van der Waals surface area contributed by atoms with Gasteiger partial charge in [-0.05, 0) is 42.2 Å². The molecule has 0 spiro atoms. The minimum atomic E-state index is -1.18. The van der Waals surface area contributed by atoms with Crippen molar-refractivity contribution in [2.24, 2.45) is 0 Å². The maximum absolute atomic E-state index is 11.7. The summed E-state index contributed by atoms with van der Waals surface area (Å²) in [7, 11) is 1.57. The van der Waals surface area contributed by atoms with Crippen LogP contribution in [0.3, 0.4) is 0 Å². The summed E-state index contributed by atoms with van der Waals surface area (Å²) in [6.07, 6.45) is 2.64. The van der Waals surface area contributed by atoms with Crippen molar-refractivity contribution >= 4 is 11.9 Å². The van der Waals surface area contributed by atoms with E-state index in [2.05, 4.69) is 5.32 Å². The number of hydrogen-bond acceptors (Lipinski definition) is 4. The van der Waals surface area contributed by atoms with E-state index in [0.717, 1.165) is 5.56 Å². The van der Waals surface area contributed by atoms with Crippen molar-refractivity contribution in [1.82, 2.24) is 5.32 Å². The van der Waals surface area contributed by atoms with Gasteiger partial charge in [-0.2, -0.15) is 0 Å². The molecule has 1 aliphatic rings. The Balaban J connectivity index is 2.73. The van der Waals surface area contributed by atoms with Crippen LogP contribution in [0.2, 0.25) is 0 Å². The molecule has 128 valence electrons. The summed E-state index contributed by atoms with van der Waals surface area (Å²) < 4.78 is 5.17. The number of allylic oxidation sites excluding steroid dienone is 2. The SMILES string of the molecule is CCC1=C(C(=O)O)NC(C(=O)O)=CC1(CC)c1ccc(OC)cc1. The molecule has 0 radical (unpaired) electrons. The van der Waals surface area contributed by atoms with Crippen molar-refractivity contribution in [2.45, 2.75) is 32.1 Å². The van der Waals surface area contributed by atoms with Crippen LogP contribution in [0.25, 0.3) is 0 Å². The average Bonchev–Trinajstić information content (AvgIpc) is 2.60. The van der Waals surface area contributed by atoms with E-state index < -0.39 is 17.4 Å². The molecule has 1 aromatic carbocycles. The number of rotatable bonds is 6. The molecular weight excluding hydrogens is 310 g/mol. The van der Waals surface area contributed by atoms with Gasteiger partial charge in [0.2, 0.25) is 0 Å². The van der Waals surface area contributed by atoms with E-state index in [0.29, 0.717) is 24.2 Å². The molecule has 1 heterocycles. The number of hydrogen-bond donors (Lipinski definition) is 3. The smallest absolute Gasteiger partial charge is 0.352 e. The number of benzene rings is 1. The number of aliphatic carboxylic acids is 2. The van der Waals surface area contributed by atoms with Crippen LogP contribution in [0.1, 0.15) is 32.3 Å². The molecule has 6 heteroatoms. The summed E-state index contributed by atoms with van der Waals surface area (Å²) in [5, 5.41) is 21.5. The quantitative estimate of drug-likeness (QED) is 0.742. The van der Waals surface area contributed by atoms with Crippen LogP contribution < -0.4 is 10.1 Å². The van der Waals surface area contributed by atoms with Gasteiger partial charge in [-0.3, -0.25) is 0 Å². The number of nitrogens with one attached hydrogen (secondary N) is 1. The van der Waals surface area contributed by atoms with Gasteiger partial charge in [-0.25, -0.2) is 9.59 Å². The predicted octanol–water partition coefficient (Wildman–Crippen LogP) is 2.66. The highest BCUT2D eigenvalue weighted by Gasteiger charge is 2.40. The lowest BCUT2D eigenvalue weighted by Crippen LogP contribution is -2.39. The number of ether oxygens (including phenoxy) is 1. The summed E-state index contributed by atoms with van der Waals surface area (Å²) in [5.41, 5.74) is 0.528. The fraction of sp³-hybridized carbons (Fsp3) is 0.333. The van der Waals surface area contributed by atoms with E-state index in [1.54, 1.807) is 25.3 Å². The minimum absolute atomic E-state index is 0.0601. The first-order valence-corrected chi connectivity index (χ1v) is 7.74. The highest BCUT2D eigenvalue weighted by molar-refractivity contribution is 5.94. The molecule has 0 saturated carbocycles. The number of dihydropyridines is 1. The maximum Gasteiger partial charge on any atom is 0.352 e. The van der Waals surface area contributed by atoms with E-state index in [-0.39, 0.29) is 11.4 Å². The first-order valence-electron chi connectivity index (χ1n) is 7.74. The first kappa shape index (κ1) is 17.6. The van der Waals surface area contributed by atoms with Gasteiger partial charge in [-0.15, -0.1) is 0 Å². The fourth-order valence-corrected chi connectivity index (χ4v) is 3.26. The van der Waals surface area contributed by atoms with Crippen molar-refractivity contribution in [3.63, 3.8) is 0 Å². The van der Waals surface area contributed by atoms with Gasteiger partial charge in [0.15, 0.2) is 0 Å². The molecule has 2 rings (SSSR count). The monoisotopic (exact) mass is 331 g/mol. The van der Waals surface area contributed by atoms with Crippen LogP contribution in [0.15, 0.2) is 47.3 Å². The Bertz CT molecular complexity index is 717. The lowest BCUT2D eigenvalue weighted by atomic mass is 9.68. The first-order chi connectivity index (χ1) is 11.4. The second kappa shape index (κ2) is 6.78. The lowest BCUT2D eigenvalue weighted by molar-refractivity contribution is -0.133. The van der Waals surface area contributed by atoms with Crippen molar-refractivity contribution in [3.8, 4) is 5.75 Å². The summed E-state index contributed by atoms with van der Waals surface area (Å²) in [4.78, 5) is 23.2. The largest absolute Gasteiger partial charge is 0.497 e. The van der Waals surface area contributed by atoms with Crippen LogP contribution in [0.5, 0.6) is 5.75 Å². The molecule has 1 aromatic rings. The number of carbonyl (C=O) groups is 2. The Morgan fingerprint density at radius 2 is 1.75 bits per heavy atom. The summed E-state index contributed by atoms with van der Waals surface area (Å²) in [6.45, 7) is 3.79. The molecule has 1 unspecified atom stereocenters. The molecule has 1 aliphatic heterocycles. The van der Waals surface area contributed by atoms with Gasteiger partial charge in [0, 0.05) is 5.41 Å². The Hall–Kier alpha value is -2.76. The van der Waals surface area contributed by atoms with Crippen LogP contribution in [0.4, 0.5) is 0 Å². The molecule has 0 amide bonds. The normalized spacial score (nSPS) is 20.2. The Morgan fingerprint density at radius 1 is 1.12 bits per heavy atom. The van der Waals surface area contributed by atoms with E-state index in [9.17, 15) is 19.8 Å². The molecule has 24 heavy (non-hydrogen) atoms. The van der Waals surface area contributed by atoms with Gasteiger partial charge in [-0.1, -0.05) is 26.0 Å². The number of carboxylic acid groups (broad SMARTS) is 2. The van der Waals surface area contributed by atoms with Gasteiger partial charge in [0.25, 0.3) is 0 Å². The topological polar surface area (TPSA) is 95.9 Å². The summed E-state index contributed by atoms with van der Waals surface area (Å²) in [5.74, 6) is -1.66. The maximum atomic E-state index is 11.7. The van der Waals surface area contributed by atoms with Crippen molar-refractivity contribution < 1.29 is 24.5 Å². The zero-order valence-corrected chi connectivity index (χ0v) is 13.9. The molecule has 0 fully saturated rings. The molecule has 0 saturated heterocycles. The molecule has 3 N–H and O–H groups in total. The zero-order valence-electron chi connectivity index (χ0n) is 13.9. The third-order valence-electron chi connectivity index (χ3n) is 4.45. The van der Waals surface area contributed by atoms with Gasteiger partial charge < -0.3 is 20.3 Å². The van der Waals surface area contributed by atoms with Gasteiger partial charge >= 0.3 is 11.9 Å². The van der Waals surface area contributed by atoms with E-state index in [4.69, 9.17) is 4.74 Å². The van der Waals surface area contributed by atoms with Crippen LogP contribution in [-0.4, -0.2) is 29.3 Å². The second-order valence-corrected chi connectivity index (χ2v) is 5.55. The second-order valence-electron chi connectivity index (χ2n) is 5.55. The van der Waals surface area contributed by atoms with Gasteiger partial charge in [0.05, 0.1) is 7.11 Å². The average molecular weight is 331 g/mol. The van der Waals surface area contributed by atoms with E-state index >= 15 is 0 Å². The predicted molar refractivity (Wildman–Crippen MR) is 88.8 cm³/mol. The van der Waals surface area contributed by atoms with Crippen LogP contribution in [-0.2, 0) is 15.0 Å². The number of carboxylic acids is 2. The molecular formula is C18H21NO5. The van der Waals surface area contributed by atoms with Crippen molar-refractivity contribution in [2.75, 3.05) is 7.11 Å². The molecule has 0 aromatic heterocycles. The van der Waals surface area contributed by atoms with E-state index in [1.165, 1.54) is 0 Å². The standard InChI is InChI=1S/C18H21NO5/c1-4-13-15(17(22)23)19-14(16(20)21)10-18(13,5-2)11-6-8-12(24-3)9-7-11/h6-10,19H,4-5H2,1-3H3,(H,20,21)(H,22,23). The third kappa shape index (κ3) is 2.87. The Labute approximate surface area is 140 Å². The zero-order chi connectivity index (χ0) is 17.9.